The molecular weight excluding hydrogens is 294 g/mol. The lowest BCUT2D eigenvalue weighted by atomic mass is 10.0. The molecule has 2 aromatic carbocycles. The van der Waals surface area contributed by atoms with Gasteiger partial charge in [0, 0.05) is 16.8 Å². The summed E-state index contributed by atoms with van der Waals surface area (Å²) in [5.41, 5.74) is 0.369. The van der Waals surface area contributed by atoms with Crippen LogP contribution in [0.3, 0.4) is 0 Å². The predicted octanol–water partition coefficient (Wildman–Crippen LogP) is 4.44. The fourth-order valence-electron chi connectivity index (χ4n) is 1.74. The Morgan fingerprint density at radius 1 is 1.10 bits per heavy atom. The number of hydrogen-bond acceptors (Lipinski definition) is 2. The van der Waals surface area contributed by atoms with Gasteiger partial charge in [0.15, 0.2) is 0 Å². The van der Waals surface area contributed by atoms with Crippen LogP contribution < -0.4 is 0 Å². The molecule has 0 aliphatic carbocycles. The van der Waals surface area contributed by atoms with Gasteiger partial charge in [-0.1, -0.05) is 54.1 Å². The highest BCUT2D eigenvalue weighted by molar-refractivity contribution is 6.30. The Labute approximate surface area is 126 Å². The SMILES string of the molecule is N#CC(N=Cc1ccccc1)C(F)(F)c1ccc(Cl)cc1. The molecule has 0 fully saturated rings. The number of hydrogen-bond donors (Lipinski definition) is 0. The molecule has 2 nitrogen and oxygen atoms in total. The molecule has 0 aromatic heterocycles. The van der Waals surface area contributed by atoms with Crippen LogP contribution in [0.1, 0.15) is 11.1 Å². The van der Waals surface area contributed by atoms with E-state index in [2.05, 4.69) is 4.99 Å². The molecule has 0 amide bonds. The van der Waals surface area contributed by atoms with E-state index in [9.17, 15) is 8.78 Å². The number of nitrogens with zero attached hydrogens (tertiary/aromatic N) is 2. The molecule has 0 heterocycles. The zero-order valence-corrected chi connectivity index (χ0v) is 11.6. The quantitative estimate of drug-likeness (QED) is 0.769. The van der Waals surface area contributed by atoms with Crippen molar-refractivity contribution in [2.24, 2.45) is 4.99 Å². The Morgan fingerprint density at radius 3 is 2.29 bits per heavy atom. The molecule has 0 N–H and O–H groups in total. The number of nitriles is 1. The lowest BCUT2D eigenvalue weighted by Crippen LogP contribution is -2.28. The molecule has 0 saturated carbocycles. The monoisotopic (exact) mass is 304 g/mol. The molecule has 106 valence electrons. The van der Waals surface area contributed by atoms with Gasteiger partial charge in [0.1, 0.15) is 0 Å². The number of alkyl halides is 2. The molecular formula is C16H11ClF2N2. The Morgan fingerprint density at radius 2 is 1.71 bits per heavy atom. The smallest absolute Gasteiger partial charge is 0.267 e. The number of aliphatic imine (C=N–C) groups is 1. The van der Waals surface area contributed by atoms with Gasteiger partial charge in [-0.05, 0) is 17.7 Å². The van der Waals surface area contributed by atoms with Crippen molar-refractivity contribution in [1.82, 2.24) is 0 Å². The zero-order chi connectivity index (χ0) is 15.3. The van der Waals surface area contributed by atoms with Gasteiger partial charge in [-0.25, -0.2) is 0 Å². The van der Waals surface area contributed by atoms with E-state index in [4.69, 9.17) is 16.9 Å². The topological polar surface area (TPSA) is 36.1 Å². The van der Waals surface area contributed by atoms with Crippen molar-refractivity contribution in [1.29, 1.82) is 5.26 Å². The lowest BCUT2D eigenvalue weighted by molar-refractivity contribution is -0.0139. The van der Waals surface area contributed by atoms with Crippen LogP contribution in [0, 0.1) is 11.3 Å². The summed E-state index contributed by atoms with van der Waals surface area (Å²) in [5.74, 6) is -3.38. The summed E-state index contributed by atoms with van der Waals surface area (Å²) in [4.78, 5) is 3.71. The van der Waals surface area contributed by atoms with Gasteiger partial charge in [-0.3, -0.25) is 4.99 Å². The second-order valence-corrected chi connectivity index (χ2v) is 4.79. The molecule has 2 rings (SSSR count). The van der Waals surface area contributed by atoms with E-state index in [0.29, 0.717) is 10.6 Å². The average molecular weight is 305 g/mol. The second-order valence-electron chi connectivity index (χ2n) is 4.35. The first-order valence-corrected chi connectivity index (χ1v) is 6.53. The molecule has 0 spiro atoms. The molecule has 5 heteroatoms. The Balaban J connectivity index is 2.26. The van der Waals surface area contributed by atoms with Gasteiger partial charge in [-0.15, -0.1) is 0 Å². The van der Waals surface area contributed by atoms with E-state index in [0.717, 1.165) is 0 Å². The summed E-state index contributed by atoms with van der Waals surface area (Å²) in [6.45, 7) is 0. The van der Waals surface area contributed by atoms with Crippen molar-refractivity contribution < 1.29 is 8.78 Å². The predicted molar refractivity (Wildman–Crippen MR) is 78.8 cm³/mol. The van der Waals surface area contributed by atoms with Crippen LogP contribution in [-0.2, 0) is 5.92 Å². The van der Waals surface area contributed by atoms with E-state index in [1.165, 1.54) is 30.5 Å². The normalized spacial score (nSPS) is 13.0. The van der Waals surface area contributed by atoms with Gasteiger partial charge in [0.2, 0.25) is 6.04 Å². The first-order chi connectivity index (χ1) is 10.0. The highest BCUT2D eigenvalue weighted by atomic mass is 35.5. The molecule has 21 heavy (non-hydrogen) atoms. The van der Waals surface area contributed by atoms with Gasteiger partial charge >= 0.3 is 5.92 Å². The fourth-order valence-corrected chi connectivity index (χ4v) is 1.86. The zero-order valence-electron chi connectivity index (χ0n) is 10.9. The fraction of sp³-hybridized carbons (Fsp3) is 0.125. The third-order valence-corrected chi connectivity index (χ3v) is 3.12. The van der Waals surface area contributed by atoms with E-state index in [1.807, 2.05) is 0 Å². The number of benzene rings is 2. The summed E-state index contributed by atoms with van der Waals surface area (Å²) in [6, 6.07) is 13.6. The summed E-state index contributed by atoms with van der Waals surface area (Å²) >= 11 is 5.68. The van der Waals surface area contributed by atoms with Crippen LogP contribution >= 0.6 is 11.6 Å². The van der Waals surface area contributed by atoms with Crippen LogP contribution in [0.2, 0.25) is 5.02 Å². The van der Waals surface area contributed by atoms with Crippen molar-refractivity contribution >= 4 is 17.8 Å². The maximum atomic E-state index is 14.3. The Kier molecular flexibility index (Phi) is 4.66. The first kappa shape index (κ1) is 15.1. The Hall–Kier alpha value is -2.25. The largest absolute Gasteiger partial charge is 0.308 e. The summed E-state index contributed by atoms with van der Waals surface area (Å²) < 4.78 is 28.6. The van der Waals surface area contributed by atoms with Gasteiger partial charge in [0.25, 0.3) is 0 Å². The molecule has 2 aromatic rings. The van der Waals surface area contributed by atoms with Crippen LogP contribution in [0.5, 0.6) is 0 Å². The van der Waals surface area contributed by atoms with Gasteiger partial charge in [-0.2, -0.15) is 14.0 Å². The average Bonchev–Trinajstić information content (AvgIpc) is 2.49. The van der Waals surface area contributed by atoms with Crippen LogP contribution in [0.4, 0.5) is 8.78 Å². The van der Waals surface area contributed by atoms with Crippen molar-refractivity contribution in [2.75, 3.05) is 0 Å². The van der Waals surface area contributed by atoms with Crippen LogP contribution in [-0.4, -0.2) is 12.3 Å². The molecule has 0 aliphatic rings. The van der Waals surface area contributed by atoms with Crippen molar-refractivity contribution in [2.45, 2.75) is 12.0 Å². The van der Waals surface area contributed by atoms with E-state index < -0.39 is 12.0 Å². The molecule has 0 radical (unpaired) electrons. The summed E-state index contributed by atoms with van der Waals surface area (Å²) in [7, 11) is 0. The van der Waals surface area contributed by atoms with Gasteiger partial charge < -0.3 is 0 Å². The van der Waals surface area contributed by atoms with Gasteiger partial charge in [0.05, 0.1) is 6.07 Å². The van der Waals surface area contributed by atoms with Crippen molar-refractivity contribution in [3.05, 3.63) is 70.7 Å². The molecule has 0 saturated heterocycles. The Bertz CT molecular complexity index is 661. The third-order valence-electron chi connectivity index (χ3n) is 2.87. The maximum absolute atomic E-state index is 14.3. The minimum Gasteiger partial charge on any atom is -0.267 e. The molecule has 1 atom stereocenters. The second kappa shape index (κ2) is 6.47. The standard InChI is InChI=1S/C16H11ClF2N2/c17-14-8-6-13(7-9-14)16(18,19)15(10-20)21-11-12-4-2-1-3-5-12/h1-9,11,15H. The number of rotatable bonds is 4. The van der Waals surface area contributed by atoms with Crippen LogP contribution in [0.25, 0.3) is 0 Å². The molecule has 0 bridgehead atoms. The molecule has 0 aliphatic heterocycles. The maximum Gasteiger partial charge on any atom is 0.308 e. The minimum atomic E-state index is -3.38. The van der Waals surface area contributed by atoms with Crippen molar-refractivity contribution in [3.63, 3.8) is 0 Å². The van der Waals surface area contributed by atoms with E-state index >= 15 is 0 Å². The lowest BCUT2D eigenvalue weighted by Gasteiger charge is -2.19. The van der Waals surface area contributed by atoms with E-state index in [-0.39, 0.29) is 5.56 Å². The van der Waals surface area contributed by atoms with Crippen molar-refractivity contribution in [3.8, 4) is 6.07 Å². The first-order valence-electron chi connectivity index (χ1n) is 6.16. The highest BCUT2D eigenvalue weighted by Crippen LogP contribution is 2.34. The highest BCUT2D eigenvalue weighted by Gasteiger charge is 2.41. The third kappa shape index (κ3) is 3.65. The summed E-state index contributed by atoms with van der Waals surface area (Å²) in [5, 5.41) is 9.34. The van der Waals surface area contributed by atoms with E-state index in [1.54, 1.807) is 36.4 Å². The summed E-state index contributed by atoms with van der Waals surface area (Å²) in [6.07, 6.45) is 1.28. The minimum absolute atomic E-state index is 0.288. The van der Waals surface area contributed by atoms with Crippen LogP contribution in [0.15, 0.2) is 59.6 Å². The number of halogens is 3. The molecule has 1 unspecified atom stereocenters.